The molecule has 0 saturated carbocycles. The van der Waals surface area contributed by atoms with Crippen LogP contribution >= 0.6 is 0 Å². The fourth-order valence-corrected chi connectivity index (χ4v) is 3.00. The van der Waals surface area contributed by atoms with E-state index in [4.69, 9.17) is 4.78 Å². The zero-order valence-electron chi connectivity index (χ0n) is 11.1. The summed E-state index contributed by atoms with van der Waals surface area (Å²) in [6, 6.07) is 11.0. The van der Waals surface area contributed by atoms with Crippen molar-refractivity contribution >= 4 is 15.7 Å². The van der Waals surface area contributed by atoms with Crippen molar-refractivity contribution in [2.45, 2.75) is 16.8 Å². The fraction of sp³-hybridized carbons (Fsp3) is 0.143. The Morgan fingerprint density at radius 1 is 1.20 bits per heavy atom. The molecule has 1 heterocycles. The number of aryl methyl sites for hydroxylation is 1. The first-order valence-corrected chi connectivity index (χ1v) is 7.42. The molecule has 6 heteroatoms. The van der Waals surface area contributed by atoms with Crippen molar-refractivity contribution in [3.63, 3.8) is 0 Å². The van der Waals surface area contributed by atoms with Gasteiger partial charge >= 0.3 is 5.97 Å². The SMILES string of the molecule is COC(=O)c1ccc(S(=N)(=O)c2cccc(C)n2)cc1. The number of benzene rings is 1. The predicted octanol–water partition coefficient (Wildman–Crippen LogP) is 2.64. The minimum absolute atomic E-state index is 0.211. The van der Waals surface area contributed by atoms with E-state index in [0.29, 0.717) is 16.2 Å². The molecule has 2 rings (SSSR count). The number of nitrogens with zero attached hydrogens (tertiary/aromatic N) is 1. The van der Waals surface area contributed by atoms with Gasteiger partial charge in [-0.05, 0) is 43.3 Å². The van der Waals surface area contributed by atoms with Crippen LogP contribution in [0.4, 0.5) is 0 Å². The largest absolute Gasteiger partial charge is 0.465 e. The number of ether oxygens (including phenoxy) is 1. The summed E-state index contributed by atoms with van der Waals surface area (Å²) in [4.78, 5) is 15.8. The number of aromatic nitrogens is 1. The molecule has 1 aromatic heterocycles. The molecule has 0 bridgehead atoms. The molecular weight excluding hydrogens is 276 g/mol. The molecule has 1 N–H and O–H groups in total. The van der Waals surface area contributed by atoms with Gasteiger partial charge in [0, 0.05) is 5.69 Å². The Hall–Kier alpha value is -2.21. The van der Waals surface area contributed by atoms with Gasteiger partial charge in [-0.3, -0.25) is 0 Å². The summed E-state index contributed by atoms with van der Waals surface area (Å²) in [5, 5.41) is 0.211. The minimum atomic E-state index is -3.17. The number of carbonyl (C=O) groups excluding carboxylic acids is 1. The van der Waals surface area contributed by atoms with Gasteiger partial charge in [0.1, 0.15) is 14.8 Å². The van der Waals surface area contributed by atoms with E-state index in [0.717, 1.165) is 0 Å². The van der Waals surface area contributed by atoms with Gasteiger partial charge in [0.15, 0.2) is 0 Å². The Balaban J connectivity index is 2.42. The van der Waals surface area contributed by atoms with E-state index in [1.807, 2.05) is 0 Å². The molecule has 0 aliphatic heterocycles. The maximum Gasteiger partial charge on any atom is 0.337 e. The molecule has 1 unspecified atom stereocenters. The number of hydrogen-bond donors (Lipinski definition) is 1. The number of methoxy groups -OCH3 is 1. The molecular formula is C14H14N2O3S. The number of carbonyl (C=O) groups is 1. The van der Waals surface area contributed by atoms with Crippen LogP contribution in [0.25, 0.3) is 0 Å². The second-order valence-electron chi connectivity index (χ2n) is 4.19. The molecule has 2 aromatic rings. The van der Waals surface area contributed by atoms with E-state index in [9.17, 15) is 9.00 Å². The van der Waals surface area contributed by atoms with Crippen LogP contribution in [0.15, 0.2) is 52.4 Å². The fourth-order valence-electron chi connectivity index (χ4n) is 1.70. The lowest BCUT2D eigenvalue weighted by Crippen LogP contribution is -2.05. The number of pyridine rings is 1. The third kappa shape index (κ3) is 2.70. The van der Waals surface area contributed by atoms with Gasteiger partial charge < -0.3 is 4.74 Å². The van der Waals surface area contributed by atoms with Crippen molar-refractivity contribution in [1.29, 1.82) is 4.78 Å². The molecule has 20 heavy (non-hydrogen) atoms. The van der Waals surface area contributed by atoms with Crippen molar-refractivity contribution in [3.8, 4) is 0 Å². The predicted molar refractivity (Wildman–Crippen MR) is 74.1 cm³/mol. The molecule has 0 aliphatic rings. The third-order valence-electron chi connectivity index (χ3n) is 2.76. The minimum Gasteiger partial charge on any atom is -0.465 e. The first kappa shape index (κ1) is 14.2. The van der Waals surface area contributed by atoms with Gasteiger partial charge in [-0.15, -0.1) is 0 Å². The van der Waals surface area contributed by atoms with Crippen LogP contribution in [0.2, 0.25) is 0 Å². The highest BCUT2D eigenvalue weighted by atomic mass is 32.2. The van der Waals surface area contributed by atoms with E-state index < -0.39 is 15.7 Å². The monoisotopic (exact) mass is 290 g/mol. The normalized spacial score (nSPS) is 13.5. The van der Waals surface area contributed by atoms with Gasteiger partial charge in [0.05, 0.1) is 17.6 Å². The molecule has 0 aliphatic carbocycles. The van der Waals surface area contributed by atoms with Gasteiger partial charge in [-0.2, -0.15) is 0 Å². The highest BCUT2D eigenvalue weighted by Gasteiger charge is 2.16. The smallest absolute Gasteiger partial charge is 0.337 e. The summed E-state index contributed by atoms with van der Waals surface area (Å²) in [6.45, 7) is 1.78. The van der Waals surface area contributed by atoms with Gasteiger partial charge in [-0.25, -0.2) is 18.8 Å². The van der Waals surface area contributed by atoms with E-state index in [-0.39, 0.29) is 5.03 Å². The standard InChI is InChI=1S/C14H14N2O3S/c1-10-4-3-5-13(16-10)20(15,18)12-8-6-11(7-9-12)14(17)19-2/h3-9,15H,1-2H3. The maximum atomic E-state index is 12.6. The first-order chi connectivity index (χ1) is 9.45. The summed E-state index contributed by atoms with van der Waals surface area (Å²) < 4.78 is 25.2. The molecule has 0 fully saturated rings. The lowest BCUT2D eigenvalue weighted by Gasteiger charge is -2.08. The summed E-state index contributed by atoms with van der Waals surface area (Å²) >= 11 is 0. The van der Waals surface area contributed by atoms with Crippen LogP contribution in [0.1, 0.15) is 16.1 Å². The number of nitrogens with one attached hydrogen (secondary N) is 1. The molecule has 5 nitrogen and oxygen atoms in total. The lowest BCUT2D eigenvalue weighted by molar-refractivity contribution is 0.0600. The molecule has 0 saturated heterocycles. The van der Waals surface area contributed by atoms with Crippen LogP contribution in [0.5, 0.6) is 0 Å². The lowest BCUT2D eigenvalue weighted by atomic mass is 10.2. The van der Waals surface area contributed by atoms with Crippen molar-refractivity contribution < 1.29 is 13.7 Å². The van der Waals surface area contributed by atoms with Gasteiger partial charge in [0.25, 0.3) is 0 Å². The van der Waals surface area contributed by atoms with Crippen molar-refractivity contribution in [1.82, 2.24) is 4.98 Å². The van der Waals surface area contributed by atoms with Gasteiger partial charge in [0.2, 0.25) is 0 Å². The molecule has 1 atom stereocenters. The maximum absolute atomic E-state index is 12.6. The molecule has 104 valence electrons. The number of hydrogen-bond acceptors (Lipinski definition) is 5. The Morgan fingerprint density at radius 3 is 2.40 bits per heavy atom. The van der Waals surface area contributed by atoms with Crippen LogP contribution in [-0.4, -0.2) is 22.3 Å². The van der Waals surface area contributed by atoms with Crippen LogP contribution in [0.3, 0.4) is 0 Å². The summed E-state index contributed by atoms with van der Waals surface area (Å²) in [6.07, 6.45) is 0. The average Bonchev–Trinajstić information content (AvgIpc) is 2.46. The highest BCUT2D eigenvalue weighted by Crippen LogP contribution is 2.20. The van der Waals surface area contributed by atoms with Crippen LogP contribution < -0.4 is 0 Å². The third-order valence-corrected chi connectivity index (χ3v) is 4.52. The molecule has 0 radical (unpaired) electrons. The van der Waals surface area contributed by atoms with E-state index in [1.165, 1.54) is 31.4 Å². The van der Waals surface area contributed by atoms with Crippen LogP contribution in [-0.2, 0) is 14.5 Å². The first-order valence-electron chi connectivity index (χ1n) is 5.86. The Morgan fingerprint density at radius 2 is 1.85 bits per heavy atom. The van der Waals surface area contributed by atoms with Crippen molar-refractivity contribution in [2.75, 3.05) is 7.11 Å². The summed E-state index contributed by atoms with van der Waals surface area (Å²) in [5.41, 5.74) is 1.05. The quantitative estimate of drug-likeness (QED) is 0.881. The molecule has 0 amide bonds. The summed E-state index contributed by atoms with van der Waals surface area (Å²) in [5.74, 6) is -0.471. The zero-order chi connectivity index (χ0) is 14.8. The number of esters is 1. The second-order valence-corrected chi connectivity index (χ2v) is 6.19. The molecule has 1 aromatic carbocycles. The molecule has 0 spiro atoms. The van der Waals surface area contributed by atoms with Gasteiger partial charge in [-0.1, -0.05) is 6.07 Å². The highest BCUT2D eigenvalue weighted by molar-refractivity contribution is 7.92. The Bertz CT molecular complexity index is 737. The Labute approximate surface area is 117 Å². The second kappa shape index (κ2) is 5.42. The zero-order valence-corrected chi connectivity index (χ0v) is 11.9. The average molecular weight is 290 g/mol. The van der Waals surface area contributed by atoms with E-state index in [1.54, 1.807) is 25.1 Å². The summed E-state index contributed by atoms with van der Waals surface area (Å²) in [7, 11) is -1.88. The van der Waals surface area contributed by atoms with Crippen molar-refractivity contribution in [3.05, 3.63) is 53.7 Å². The van der Waals surface area contributed by atoms with E-state index in [2.05, 4.69) is 9.72 Å². The van der Waals surface area contributed by atoms with Crippen molar-refractivity contribution in [2.24, 2.45) is 0 Å². The number of rotatable bonds is 3. The topological polar surface area (TPSA) is 80.1 Å². The Kier molecular flexibility index (Phi) is 3.85. The van der Waals surface area contributed by atoms with Crippen LogP contribution in [0, 0.1) is 11.7 Å². The van der Waals surface area contributed by atoms with E-state index >= 15 is 0 Å².